The van der Waals surface area contributed by atoms with Crippen molar-refractivity contribution in [3.63, 3.8) is 0 Å². The van der Waals surface area contributed by atoms with E-state index in [1.54, 1.807) is 0 Å². The fourth-order valence-corrected chi connectivity index (χ4v) is 5.00. The van der Waals surface area contributed by atoms with Gasteiger partial charge < -0.3 is 9.64 Å². The van der Waals surface area contributed by atoms with E-state index in [2.05, 4.69) is 89.8 Å². The summed E-state index contributed by atoms with van der Waals surface area (Å²) in [4.78, 5) is 2.64. The van der Waals surface area contributed by atoms with Gasteiger partial charge in [0, 0.05) is 31.0 Å². The Balaban J connectivity index is 1.35. The molecule has 1 fully saturated rings. The van der Waals surface area contributed by atoms with Gasteiger partial charge in [-0.3, -0.25) is 0 Å². The van der Waals surface area contributed by atoms with E-state index in [1.165, 1.54) is 23.1 Å². The molecule has 5 rings (SSSR count). The number of fused-ring (bicyclic) bond motifs is 3. The molecule has 0 aliphatic carbocycles. The minimum Gasteiger partial charge on any atom is -0.482 e. The quantitative estimate of drug-likeness (QED) is 0.597. The third-order valence-corrected chi connectivity index (χ3v) is 6.43. The first kappa shape index (κ1) is 17.5. The van der Waals surface area contributed by atoms with E-state index < -0.39 is 0 Å². The molecule has 2 aliphatic rings. The van der Waals surface area contributed by atoms with Crippen LogP contribution < -0.4 is 4.74 Å². The van der Waals surface area contributed by atoms with Crippen LogP contribution in [0.5, 0.6) is 5.75 Å². The normalized spacial score (nSPS) is 23.6. The van der Waals surface area contributed by atoms with Crippen LogP contribution in [0.4, 0.5) is 0 Å². The van der Waals surface area contributed by atoms with Crippen LogP contribution in [0, 0.1) is 0 Å². The van der Waals surface area contributed by atoms with E-state index in [0.29, 0.717) is 5.92 Å². The molecule has 1 saturated heterocycles. The minimum absolute atomic E-state index is 0.207. The molecule has 2 aliphatic heterocycles. The highest BCUT2D eigenvalue weighted by Crippen LogP contribution is 2.54. The molecule has 2 heteroatoms. The molecule has 2 atom stereocenters. The van der Waals surface area contributed by atoms with E-state index in [9.17, 15) is 0 Å². The second-order valence-corrected chi connectivity index (χ2v) is 8.09. The Morgan fingerprint density at radius 1 is 0.857 bits per heavy atom. The zero-order chi connectivity index (χ0) is 18.8. The predicted molar refractivity (Wildman–Crippen MR) is 114 cm³/mol. The van der Waals surface area contributed by atoms with Gasteiger partial charge in [-0.05, 0) is 36.6 Å². The van der Waals surface area contributed by atoms with Gasteiger partial charge in [0.25, 0.3) is 0 Å². The topological polar surface area (TPSA) is 12.5 Å². The average molecular weight is 370 g/mol. The van der Waals surface area contributed by atoms with Crippen molar-refractivity contribution in [1.82, 2.24) is 4.90 Å². The van der Waals surface area contributed by atoms with Crippen molar-refractivity contribution in [3.05, 3.63) is 102 Å². The lowest BCUT2D eigenvalue weighted by Crippen LogP contribution is -2.49. The lowest BCUT2D eigenvalue weighted by molar-refractivity contribution is -0.000377. The number of piperidine rings is 1. The zero-order valence-electron chi connectivity index (χ0n) is 16.3. The molecule has 0 N–H and O–H groups in total. The van der Waals surface area contributed by atoms with Crippen LogP contribution in [0.25, 0.3) is 0 Å². The van der Waals surface area contributed by atoms with E-state index in [0.717, 1.165) is 38.2 Å². The van der Waals surface area contributed by atoms with Gasteiger partial charge in [-0.1, -0.05) is 78.9 Å². The van der Waals surface area contributed by atoms with Gasteiger partial charge in [-0.25, -0.2) is 0 Å². The van der Waals surface area contributed by atoms with Crippen molar-refractivity contribution in [2.45, 2.75) is 30.8 Å². The second kappa shape index (κ2) is 7.44. The van der Waals surface area contributed by atoms with Gasteiger partial charge in [-0.2, -0.15) is 0 Å². The van der Waals surface area contributed by atoms with Crippen LogP contribution >= 0.6 is 0 Å². The third-order valence-electron chi connectivity index (χ3n) is 6.43. The Morgan fingerprint density at radius 3 is 2.39 bits per heavy atom. The number of rotatable bonds is 5. The van der Waals surface area contributed by atoms with Crippen molar-refractivity contribution >= 4 is 0 Å². The first-order chi connectivity index (χ1) is 13.9. The molecule has 3 aromatic carbocycles. The molecule has 0 saturated carbocycles. The van der Waals surface area contributed by atoms with Crippen LogP contribution in [0.1, 0.15) is 35.4 Å². The summed E-state index contributed by atoms with van der Waals surface area (Å²) in [5.74, 6) is 1.47. The van der Waals surface area contributed by atoms with Crippen LogP contribution in [0.3, 0.4) is 0 Å². The van der Waals surface area contributed by atoms with Gasteiger partial charge in [-0.15, -0.1) is 0 Å². The Morgan fingerprint density at radius 2 is 1.57 bits per heavy atom. The number of hydrogen-bond donors (Lipinski definition) is 0. The summed E-state index contributed by atoms with van der Waals surface area (Å²) in [5.41, 5.74) is 3.92. The number of para-hydroxylation sites is 1. The number of nitrogens with zero attached hydrogens (tertiary/aromatic N) is 1. The Labute approximate surface area is 167 Å². The molecule has 3 aromatic rings. The maximum absolute atomic E-state index is 6.68. The standard InChI is InChI=1S/C26H27NO/c1-3-10-21(11-4-1)12-9-18-27-19-17-26(22-13-5-2-6-14-22)24(20-27)23-15-7-8-16-25(23)28-26/h1-8,10-11,13-16,24H,9,12,17-20H2/t24-,26+/m0/s1. The molecule has 2 nitrogen and oxygen atoms in total. The van der Waals surface area contributed by atoms with Gasteiger partial charge in [0.15, 0.2) is 0 Å². The molecular weight excluding hydrogens is 342 g/mol. The lowest BCUT2D eigenvalue weighted by Gasteiger charge is -2.43. The van der Waals surface area contributed by atoms with Crippen molar-refractivity contribution in [3.8, 4) is 5.75 Å². The Bertz CT molecular complexity index is 923. The van der Waals surface area contributed by atoms with Gasteiger partial charge in [0.05, 0.1) is 0 Å². The molecule has 2 heterocycles. The predicted octanol–water partition coefficient (Wildman–Crippen LogP) is 5.40. The minimum atomic E-state index is -0.207. The molecule has 0 bridgehead atoms. The number of aryl methyl sites for hydroxylation is 1. The fraction of sp³-hybridized carbons (Fsp3) is 0.308. The highest BCUT2D eigenvalue weighted by Gasteiger charge is 2.52. The van der Waals surface area contributed by atoms with Crippen molar-refractivity contribution in [2.75, 3.05) is 19.6 Å². The van der Waals surface area contributed by atoms with Crippen LogP contribution in [-0.2, 0) is 12.0 Å². The summed E-state index contributed by atoms with van der Waals surface area (Å²) in [5, 5.41) is 0. The van der Waals surface area contributed by atoms with Crippen LogP contribution in [0.15, 0.2) is 84.9 Å². The van der Waals surface area contributed by atoms with Crippen LogP contribution in [0.2, 0.25) is 0 Å². The molecular formula is C26H27NO. The highest BCUT2D eigenvalue weighted by molar-refractivity contribution is 5.47. The first-order valence-corrected chi connectivity index (χ1v) is 10.4. The maximum Gasteiger partial charge on any atom is 0.143 e. The summed E-state index contributed by atoms with van der Waals surface area (Å²) < 4.78 is 6.68. The fourth-order valence-electron chi connectivity index (χ4n) is 5.00. The molecule has 142 valence electrons. The lowest BCUT2D eigenvalue weighted by atomic mass is 9.74. The highest BCUT2D eigenvalue weighted by atomic mass is 16.5. The number of hydrogen-bond acceptors (Lipinski definition) is 2. The summed E-state index contributed by atoms with van der Waals surface area (Å²) >= 11 is 0. The number of likely N-dealkylation sites (tertiary alicyclic amines) is 1. The Hall–Kier alpha value is -2.58. The van der Waals surface area contributed by atoms with Gasteiger partial charge >= 0.3 is 0 Å². The second-order valence-electron chi connectivity index (χ2n) is 8.09. The van der Waals surface area contributed by atoms with E-state index in [4.69, 9.17) is 4.74 Å². The molecule has 0 amide bonds. The van der Waals surface area contributed by atoms with Gasteiger partial charge in [0.1, 0.15) is 11.4 Å². The third kappa shape index (κ3) is 3.12. The molecule has 0 radical (unpaired) electrons. The summed E-state index contributed by atoms with van der Waals surface area (Å²) in [7, 11) is 0. The number of benzene rings is 3. The van der Waals surface area contributed by atoms with E-state index >= 15 is 0 Å². The molecule has 0 aromatic heterocycles. The van der Waals surface area contributed by atoms with Crippen molar-refractivity contribution < 1.29 is 4.74 Å². The van der Waals surface area contributed by atoms with Crippen molar-refractivity contribution in [1.29, 1.82) is 0 Å². The summed E-state index contributed by atoms with van der Waals surface area (Å²) in [6.45, 7) is 3.31. The summed E-state index contributed by atoms with van der Waals surface area (Å²) in [6, 6.07) is 30.3. The van der Waals surface area contributed by atoms with Crippen LogP contribution in [-0.4, -0.2) is 24.5 Å². The number of ether oxygens (including phenoxy) is 1. The molecule has 28 heavy (non-hydrogen) atoms. The van der Waals surface area contributed by atoms with Crippen molar-refractivity contribution in [2.24, 2.45) is 0 Å². The van der Waals surface area contributed by atoms with E-state index in [1.807, 2.05) is 0 Å². The maximum atomic E-state index is 6.68. The first-order valence-electron chi connectivity index (χ1n) is 10.4. The van der Waals surface area contributed by atoms with E-state index in [-0.39, 0.29) is 5.60 Å². The average Bonchev–Trinajstić information content (AvgIpc) is 3.10. The Kier molecular flexibility index (Phi) is 4.66. The zero-order valence-corrected chi connectivity index (χ0v) is 16.3. The molecule has 0 unspecified atom stereocenters. The molecule has 0 spiro atoms. The largest absolute Gasteiger partial charge is 0.482 e. The monoisotopic (exact) mass is 369 g/mol. The SMILES string of the molecule is c1ccc(CCCN2CC[C@]3(c4ccccc4)Oc4ccccc4[C@@H]3C2)cc1. The smallest absolute Gasteiger partial charge is 0.143 e. The van der Waals surface area contributed by atoms with Gasteiger partial charge in [0.2, 0.25) is 0 Å². The summed E-state index contributed by atoms with van der Waals surface area (Å²) in [6.07, 6.45) is 3.40.